The van der Waals surface area contributed by atoms with E-state index >= 15 is 0 Å². The standard InChI is InChI=1S/C9H12O3/c1-3-12-9-6-7(11-2)4-5-8(9)10/h4-6,10H,3H2,1-2H3. The van der Waals surface area contributed by atoms with Gasteiger partial charge in [-0.3, -0.25) is 0 Å². The van der Waals surface area contributed by atoms with Gasteiger partial charge in [-0.25, -0.2) is 0 Å². The van der Waals surface area contributed by atoms with Crippen LogP contribution in [0.3, 0.4) is 0 Å². The largest absolute Gasteiger partial charge is 0.504 e. The van der Waals surface area contributed by atoms with Gasteiger partial charge in [-0.15, -0.1) is 0 Å². The maximum Gasteiger partial charge on any atom is 0.164 e. The summed E-state index contributed by atoms with van der Waals surface area (Å²) in [6.07, 6.45) is 0. The van der Waals surface area contributed by atoms with Gasteiger partial charge in [-0.2, -0.15) is 0 Å². The second-order valence-corrected chi connectivity index (χ2v) is 2.27. The van der Waals surface area contributed by atoms with Gasteiger partial charge in [0.1, 0.15) is 5.75 Å². The average Bonchev–Trinajstić information content (AvgIpc) is 2.09. The molecular formula is C9H12O3. The molecule has 0 atom stereocenters. The summed E-state index contributed by atoms with van der Waals surface area (Å²) in [5, 5.41) is 9.28. The third kappa shape index (κ3) is 1.81. The lowest BCUT2D eigenvalue weighted by atomic mass is 10.3. The number of aromatic hydroxyl groups is 1. The zero-order chi connectivity index (χ0) is 8.97. The molecule has 0 unspecified atom stereocenters. The first-order valence-electron chi connectivity index (χ1n) is 3.77. The van der Waals surface area contributed by atoms with E-state index in [9.17, 15) is 5.11 Å². The van der Waals surface area contributed by atoms with Gasteiger partial charge in [0.05, 0.1) is 13.7 Å². The van der Waals surface area contributed by atoms with Gasteiger partial charge in [-0.1, -0.05) is 0 Å². The van der Waals surface area contributed by atoms with E-state index in [1.807, 2.05) is 6.92 Å². The average molecular weight is 168 g/mol. The SMILES string of the molecule is CCOc1cc(OC)ccc1O. The molecule has 0 bridgehead atoms. The molecule has 0 aliphatic rings. The van der Waals surface area contributed by atoms with Gasteiger partial charge < -0.3 is 14.6 Å². The van der Waals surface area contributed by atoms with E-state index in [4.69, 9.17) is 9.47 Å². The number of hydrogen-bond acceptors (Lipinski definition) is 3. The van der Waals surface area contributed by atoms with Crippen LogP contribution in [0, 0.1) is 0 Å². The second kappa shape index (κ2) is 3.85. The molecule has 1 rings (SSSR count). The van der Waals surface area contributed by atoms with Crippen LogP contribution in [-0.2, 0) is 0 Å². The molecule has 12 heavy (non-hydrogen) atoms. The van der Waals surface area contributed by atoms with Crippen LogP contribution in [0.2, 0.25) is 0 Å². The molecule has 0 spiro atoms. The van der Waals surface area contributed by atoms with Crippen molar-refractivity contribution < 1.29 is 14.6 Å². The highest BCUT2D eigenvalue weighted by Crippen LogP contribution is 2.29. The topological polar surface area (TPSA) is 38.7 Å². The van der Waals surface area contributed by atoms with Crippen LogP contribution in [0.1, 0.15) is 6.92 Å². The predicted octanol–water partition coefficient (Wildman–Crippen LogP) is 1.80. The molecular weight excluding hydrogens is 156 g/mol. The molecule has 0 aliphatic carbocycles. The highest BCUT2D eigenvalue weighted by Gasteiger charge is 2.02. The summed E-state index contributed by atoms with van der Waals surface area (Å²) in [5.41, 5.74) is 0. The van der Waals surface area contributed by atoms with Crippen LogP contribution in [0.5, 0.6) is 17.2 Å². The second-order valence-electron chi connectivity index (χ2n) is 2.27. The first-order valence-corrected chi connectivity index (χ1v) is 3.77. The third-order valence-electron chi connectivity index (χ3n) is 1.47. The Labute approximate surface area is 71.5 Å². The van der Waals surface area contributed by atoms with E-state index in [-0.39, 0.29) is 5.75 Å². The number of methoxy groups -OCH3 is 1. The molecule has 3 heteroatoms. The summed E-state index contributed by atoms with van der Waals surface area (Å²) in [7, 11) is 1.57. The maximum absolute atomic E-state index is 9.28. The molecule has 0 heterocycles. The Balaban J connectivity index is 2.91. The van der Waals surface area contributed by atoms with E-state index in [0.29, 0.717) is 18.1 Å². The Bertz CT molecular complexity index is 258. The number of benzene rings is 1. The predicted molar refractivity (Wildman–Crippen MR) is 45.8 cm³/mol. The zero-order valence-electron chi connectivity index (χ0n) is 7.20. The van der Waals surface area contributed by atoms with Crippen molar-refractivity contribution in [1.82, 2.24) is 0 Å². The van der Waals surface area contributed by atoms with Gasteiger partial charge in [-0.05, 0) is 19.1 Å². The van der Waals surface area contributed by atoms with Crippen molar-refractivity contribution in [2.75, 3.05) is 13.7 Å². The van der Waals surface area contributed by atoms with Crippen molar-refractivity contribution in [2.24, 2.45) is 0 Å². The van der Waals surface area contributed by atoms with Crippen molar-refractivity contribution in [3.8, 4) is 17.2 Å². The van der Waals surface area contributed by atoms with Crippen molar-refractivity contribution in [3.05, 3.63) is 18.2 Å². The van der Waals surface area contributed by atoms with Gasteiger partial charge in [0.25, 0.3) is 0 Å². The van der Waals surface area contributed by atoms with Gasteiger partial charge in [0.2, 0.25) is 0 Å². The number of phenols is 1. The molecule has 0 aliphatic heterocycles. The number of rotatable bonds is 3. The Morgan fingerprint density at radius 2 is 2.17 bits per heavy atom. The molecule has 1 aromatic rings. The number of ether oxygens (including phenoxy) is 2. The quantitative estimate of drug-likeness (QED) is 0.747. The summed E-state index contributed by atoms with van der Waals surface area (Å²) >= 11 is 0. The van der Waals surface area contributed by atoms with Crippen LogP contribution < -0.4 is 9.47 Å². The van der Waals surface area contributed by atoms with Crippen molar-refractivity contribution in [3.63, 3.8) is 0 Å². The molecule has 1 N–H and O–H groups in total. The van der Waals surface area contributed by atoms with Gasteiger partial charge >= 0.3 is 0 Å². The van der Waals surface area contributed by atoms with Crippen molar-refractivity contribution in [2.45, 2.75) is 6.92 Å². The zero-order valence-corrected chi connectivity index (χ0v) is 7.20. The molecule has 0 saturated heterocycles. The van der Waals surface area contributed by atoms with E-state index in [2.05, 4.69) is 0 Å². The fourth-order valence-electron chi connectivity index (χ4n) is 0.893. The minimum Gasteiger partial charge on any atom is -0.504 e. The van der Waals surface area contributed by atoms with Crippen molar-refractivity contribution in [1.29, 1.82) is 0 Å². The summed E-state index contributed by atoms with van der Waals surface area (Å²) < 4.78 is 10.1. The summed E-state index contributed by atoms with van der Waals surface area (Å²) in [4.78, 5) is 0. The van der Waals surface area contributed by atoms with E-state index in [0.717, 1.165) is 0 Å². The fourth-order valence-corrected chi connectivity index (χ4v) is 0.893. The summed E-state index contributed by atoms with van der Waals surface area (Å²) in [6, 6.07) is 4.88. The van der Waals surface area contributed by atoms with Crippen LogP contribution in [0.25, 0.3) is 0 Å². The van der Waals surface area contributed by atoms with Crippen LogP contribution in [0.4, 0.5) is 0 Å². The molecule has 0 aromatic heterocycles. The molecule has 0 fully saturated rings. The highest BCUT2D eigenvalue weighted by molar-refractivity contribution is 5.44. The minimum absolute atomic E-state index is 0.137. The monoisotopic (exact) mass is 168 g/mol. The van der Waals surface area contributed by atoms with Gasteiger partial charge in [0.15, 0.2) is 11.5 Å². The van der Waals surface area contributed by atoms with E-state index < -0.39 is 0 Å². The lowest BCUT2D eigenvalue weighted by Crippen LogP contribution is -1.92. The van der Waals surface area contributed by atoms with Crippen LogP contribution in [-0.4, -0.2) is 18.8 Å². The fraction of sp³-hybridized carbons (Fsp3) is 0.333. The summed E-state index contributed by atoms with van der Waals surface area (Å²) in [6.45, 7) is 2.39. The first-order chi connectivity index (χ1) is 5.77. The van der Waals surface area contributed by atoms with Crippen LogP contribution >= 0.6 is 0 Å². The highest BCUT2D eigenvalue weighted by atomic mass is 16.5. The normalized spacial score (nSPS) is 9.50. The lowest BCUT2D eigenvalue weighted by molar-refractivity contribution is 0.314. The summed E-state index contributed by atoms with van der Waals surface area (Å²) in [5.74, 6) is 1.27. The third-order valence-corrected chi connectivity index (χ3v) is 1.47. The lowest BCUT2D eigenvalue weighted by Gasteiger charge is -2.06. The minimum atomic E-state index is 0.137. The molecule has 0 saturated carbocycles. The first kappa shape index (κ1) is 8.71. The van der Waals surface area contributed by atoms with E-state index in [1.54, 1.807) is 25.3 Å². The Morgan fingerprint density at radius 1 is 1.42 bits per heavy atom. The van der Waals surface area contributed by atoms with Crippen LogP contribution in [0.15, 0.2) is 18.2 Å². The Kier molecular flexibility index (Phi) is 2.80. The molecule has 1 aromatic carbocycles. The molecule has 66 valence electrons. The molecule has 0 radical (unpaired) electrons. The Morgan fingerprint density at radius 3 is 2.75 bits per heavy atom. The van der Waals surface area contributed by atoms with Crippen molar-refractivity contribution >= 4 is 0 Å². The van der Waals surface area contributed by atoms with Gasteiger partial charge in [0, 0.05) is 6.07 Å². The number of hydrogen-bond donors (Lipinski definition) is 1. The van der Waals surface area contributed by atoms with E-state index in [1.165, 1.54) is 0 Å². The maximum atomic E-state index is 9.28. The molecule has 0 amide bonds. The Hall–Kier alpha value is -1.38. The molecule has 3 nitrogen and oxygen atoms in total. The smallest absolute Gasteiger partial charge is 0.164 e. The number of phenolic OH excluding ortho intramolecular Hbond substituents is 1.